The summed E-state index contributed by atoms with van der Waals surface area (Å²) < 4.78 is 1.64. The van der Waals surface area contributed by atoms with Crippen LogP contribution in [0.2, 0.25) is 0 Å². The fraction of sp³-hybridized carbons (Fsp3) is 0.667. The van der Waals surface area contributed by atoms with Crippen molar-refractivity contribution in [1.82, 2.24) is 24.9 Å². The maximum atomic E-state index is 12.7. The average Bonchev–Trinajstić information content (AvgIpc) is 2.86. The van der Waals surface area contributed by atoms with Crippen LogP contribution in [0.1, 0.15) is 29.0 Å². The van der Waals surface area contributed by atoms with Crippen LogP contribution in [0.25, 0.3) is 0 Å². The number of piperidine rings is 1. The van der Waals surface area contributed by atoms with E-state index in [-0.39, 0.29) is 17.9 Å². The van der Waals surface area contributed by atoms with E-state index in [0.29, 0.717) is 18.8 Å². The van der Waals surface area contributed by atoms with E-state index in [9.17, 15) is 9.59 Å². The number of rotatable bonds is 2. The number of piperazine rings is 1. The molecule has 7 nitrogen and oxygen atoms in total. The van der Waals surface area contributed by atoms with Crippen molar-refractivity contribution in [3.63, 3.8) is 0 Å². The Hall–Kier alpha value is -1.89. The number of aromatic nitrogens is 2. The first kappa shape index (κ1) is 15.0. The van der Waals surface area contributed by atoms with Crippen LogP contribution >= 0.6 is 0 Å². The molecule has 1 aromatic rings. The zero-order valence-electron chi connectivity index (χ0n) is 13.2. The molecule has 2 aliphatic heterocycles. The minimum absolute atomic E-state index is 0.00961. The summed E-state index contributed by atoms with van der Waals surface area (Å²) in [6.07, 6.45) is 1.91. The average molecular weight is 305 g/mol. The molecule has 0 aromatic carbocycles. The second-order valence-corrected chi connectivity index (χ2v) is 6.11. The molecule has 0 radical (unpaired) electrons. The van der Waals surface area contributed by atoms with Crippen LogP contribution < -0.4 is 5.32 Å². The number of carbonyl (C=O) groups excluding carboxylic acids is 2. The summed E-state index contributed by atoms with van der Waals surface area (Å²) in [5, 5.41) is 7.33. The molecule has 2 saturated heterocycles. The van der Waals surface area contributed by atoms with Gasteiger partial charge in [0.2, 0.25) is 5.91 Å². The van der Waals surface area contributed by atoms with Gasteiger partial charge in [-0.05, 0) is 25.8 Å². The summed E-state index contributed by atoms with van der Waals surface area (Å²) in [5.41, 5.74) is 1.46. The molecule has 7 heteroatoms. The zero-order valence-corrected chi connectivity index (χ0v) is 13.2. The van der Waals surface area contributed by atoms with Crippen molar-refractivity contribution in [3.8, 4) is 0 Å². The first-order valence-corrected chi connectivity index (χ1v) is 7.86. The van der Waals surface area contributed by atoms with Crippen molar-refractivity contribution in [2.45, 2.75) is 25.8 Å². The van der Waals surface area contributed by atoms with Gasteiger partial charge >= 0.3 is 0 Å². The molecule has 0 saturated carbocycles. The molecular formula is C15H23N5O2. The Bertz CT molecular complexity index is 582. The molecule has 1 atom stereocenters. The van der Waals surface area contributed by atoms with Crippen LogP contribution in [0.3, 0.4) is 0 Å². The quantitative estimate of drug-likeness (QED) is 0.819. The van der Waals surface area contributed by atoms with Crippen LogP contribution in [0, 0.1) is 6.92 Å². The molecule has 1 unspecified atom stereocenters. The normalized spacial score (nSPS) is 23.0. The van der Waals surface area contributed by atoms with Crippen molar-refractivity contribution in [2.24, 2.45) is 7.05 Å². The summed E-state index contributed by atoms with van der Waals surface area (Å²) in [6, 6.07) is 1.96. The van der Waals surface area contributed by atoms with Gasteiger partial charge in [-0.2, -0.15) is 5.10 Å². The smallest absolute Gasteiger partial charge is 0.272 e. The van der Waals surface area contributed by atoms with Gasteiger partial charge in [0.25, 0.3) is 5.91 Å². The number of nitrogens with zero attached hydrogens (tertiary/aromatic N) is 4. The lowest BCUT2D eigenvalue weighted by Gasteiger charge is -2.41. The van der Waals surface area contributed by atoms with E-state index in [1.807, 2.05) is 22.8 Å². The summed E-state index contributed by atoms with van der Waals surface area (Å²) in [5.74, 6) is 0.150. The Morgan fingerprint density at radius 2 is 2.23 bits per heavy atom. The standard InChI is InChI=1S/C15H23N5O2/c1-11-8-13(18(2)17-11)15(22)19-6-3-4-12(10-19)20-7-5-16-9-14(20)21/h8,12,16H,3-7,9-10H2,1-2H3. The van der Waals surface area contributed by atoms with E-state index in [4.69, 9.17) is 0 Å². The highest BCUT2D eigenvalue weighted by Crippen LogP contribution is 2.19. The fourth-order valence-electron chi connectivity index (χ4n) is 3.37. The number of aryl methyl sites for hydroxylation is 2. The predicted octanol–water partition coefficient (Wildman–Crippen LogP) is -0.235. The lowest BCUT2D eigenvalue weighted by Crippen LogP contribution is -2.57. The molecule has 0 aliphatic carbocycles. The number of amides is 2. The van der Waals surface area contributed by atoms with Crippen molar-refractivity contribution < 1.29 is 9.59 Å². The van der Waals surface area contributed by atoms with Crippen LogP contribution in [0.15, 0.2) is 6.07 Å². The minimum atomic E-state index is 0.00961. The van der Waals surface area contributed by atoms with Crippen molar-refractivity contribution in [2.75, 3.05) is 32.7 Å². The Morgan fingerprint density at radius 1 is 1.41 bits per heavy atom. The van der Waals surface area contributed by atoms with Gasteiger partial charge in [0.05, 0.1) is 12.2 Å². The first-order chi connectivity index (χ1) is 10.6. The SMILES string of the molecule is Cc1cc(C(=O)N2CCCC(N3CCNCC3=O)C2)n(C)n1. The van der Waals surface area contributed by atoms with Gasteiger partial charge in [0, 0.05) is 39.3 Å². The molecular weight excluding hydrogens is 282 g/mol. The molecule has 3 rings (SSSR count). The highest BCUT2D eigenvalue weighted by molar-refractivity contribution is 5.92. The number of hydrogen-bond acceptors (Lipinski definition) is 4. The van der Waals surface area contributed by atoms with E-state index in [0.717, 1.165) is 38.2 Å². The molecule has 1 N–H and O–H groups in total. The van der Waals surface area contributed by atoms with E-state index in [1.54, 1.807) is 11.7 Å². The van der Waals surface area contributed by atoms with Crippen LogP contribution in [-0.2, 0) is 11.8 Å². The molecule has 0 bridgehead atoms. The third kappa shape index (κ3) is 2.85. The summed E-state index contributed by atoms with van der Waals surface area (Å²) in [6.45, 7) is 5.22. The van der Waals surface area contributed by atoms with E-state index >= 15 is 0 Å². The zero-order chi connectivity index (χ0) is 15.7. The lowest BCUT2D eigenvalue weighted by atomic mass is 10.0. The molecule has 2 aliphatic rings. The third-order valence-corrected chi connectivity index (χ3v) is 4.47. The fourth-order valence-corrected chi connectivity index (χ4v) is 3.37. The predicted molar refractivity (Wildman–Crippen MR) is 81.5 cm³/mol. The van der Waals surface area contributed by atoms with Gasteiger partial charge in [0.15, 0.2) is 0 Å². The topological polar surface area (TPSA) is 70.5 Å². The first-order valence-electron chi connectivity index (χ1n) is 7.86. The Kier molecular flexibility index (Phi) is 4.15. The van der Waals surface area contributed by atoms with E-state index in [2.05, 4.69) is 10.4 Å². The largest absolute Gasteiger partial charge is 0.336 e. The van der Waals surface area contributed by atoms with Crippen molar-refractivity contribution in [3.05, 3.63) is 17.5 Å². The van der Waals surface area contributed by atoms with Gasteiger partial charge in [-0.1, -0.05) is 0 Å². The summed E-state index contributed by atoms with van der Waals surface area (Å²) in [7, 11) is 1.79. The number of hydrogen-bond donors (Lipinski definition) is 1. The van der Waals surface area contributed by atoms with Gasteiger partial charge < -0.3 is 15.1 Å². The van der Waals surface area contributed by atoms with E-state index < -0.39 is 0 Å². The molecule has 22 heavy (non-hydrogen) atoms. The van der Waals surface area contributed by atoms with Gasteiger partial charge in [-0.15, -0.1) is 0 Å². The lowest BCUT2D eigenvalue weighted by molar-refractivity contribution is -0.135. The molecule has 1 aromatic heterocycles. The van der Waals surface area contributed by atoms with Crippen LogP contribution in [-0.4, -0.2) is 70.2 Å². The number of likely N-dealkylation sites (tertiary alicyclic amines) is 1. The Morgan fingerprint density at radius 3 is 2.91 bits per heavy atom. The summed E-state index contributed by atoms with van der Waals surface area (Å²) in [4.78, 5) is 28.5. The highest BCUT2D eigenvalue weighted by Gasteiger charge is 2.32. The number of carbonyl (C=O) groups is 2. The maximum absolute atomic E-state index is 12.7. The second-order valence-electron chi connectivity index (χ2n) is 6.11. The second kappa shape index (κ2) is 6.08. The Labute approximate surface area is 130 Å². The molecule has 0 spiro atoms. The molecule has 3 heterocycles. The number of nitrogens with one attached hydrogen (secondary N) is 1. The van der Waals surface area contributed by atoms with Gasteiger partial charge in [-0.25, -0.2) is 0 Å². The van der Waals surface area contributed by atoms with Crippen molar-refractivity contribution in [1.29, 1.82) is 0 Å². The maximum Gasteiger partial charge on any atom is 0.272 e. The third-order valence-electron chi connectivity index (χ3n) is 4.47. The summed E-state index contributed by atoms with van der Waals surface area (Å²) >= 11 is 0. The molecule has 120 valence electrons. The monoisotopic (exact) mass is 305 g/mol. The minimum Gasteiger partial charge on any atom is -0.336 e. The molecule has 2 fully saturated rings. The van der Waals surface area contributed by atoms with Gasteiger partial charge in [-0.3, -0.25) is 14.3 Å². The van der Waals surface area contributed by atoms with Crippen LogP contribution in [0.4, 0.5) is 0 Å². The molecule has 2 amide bonds. The Balaban J connectivity index is 1.71. The van der Waals surface area contributed by atoms with Crippen molar-refractivity contribution >= 4 is 11.8 Å². The highest BCUT2D eigenvalue weighted by atomic mass is 16.2. The van der Waals surface area contributed by atoms with E-state index in [1.165, 1.54) is 0 Å². The van der Waals surface area contributed by atoms with Gasteiger partial charge in [0.1, 0.15) is 5.69 Å². The van der Waals surface area contributed by atoms with Crippen LogP contribution in [0.5, 0.6) is 0 Å².